The molecule has 1 rings (SSSR count). The predicted octanol–water partition coefficient (Wildman–Crippen LogP) is 1.97. The molecule has 0 heterocycles. The topological polar surface area (TPSA) is 77.3 Å². The maximum Gasteiger partial charge on any atom is 0.273 e. The van der Waals surface area contributed by atoms with Gasteiger partial charge in [-0.15, -0.1) is 0 Å². The first-order valence-corrected chi connectivity index (χ1v) is 5.94. The molecule has 0 aliphatic rings. The first kappa shape index (κ1) is 11.9. The van der Waals surface area contributed by atoms with E-state index in [1.807, 2.05) is 0 Å². The quantitative estimate of drug-likeness (QED) is 0.459. The molecule has 0 unspecified atom stereocenters. The number of nitro benzene ring substituents is 1. The van der Waals surface area contributed by atoms with Gasteiger partial charge in [0.15, 0.2) is 0 Å². The zero-order chi connectivity index (χ0) is 11.8. The van der Waals surface area contributed by atoms with Crippen LogP contribution in [0.5, 0.6) is 0 Å². The molecule has 0 atom stereocenters. The average molecular weight is 254 g/mol. The van der Waals surface area contributed by atoms with Gasteiger partial charge in [0.25, 0.3) is 14.7 Å². The monoisotopic (exact) mass is 253 g/mol. The summed E-state index contributed by atoms with van der Waals surface area (Å²) < 4.78 is 35.0. The van der Waals surface area contributed by atoms with E-state index in [9.17, 15) is 22.9 Å². The molecule has 5 nitrogen and oxygen atoms in total. The molecule has 0 saturated carbocycles. The fourth-order valence-electron chi connectivity index (χ4n) is 1.15. The third-order valence-corrected chi connectivity index (χ3v) is 3.22. The standard InChI is InChI=1S/C7H5ClFNO4S/c1-4-6(10(11)12)3-2-5(9)7(4)15(8,13)14/h2-3H,1H3. The van der Waals surface area contributed by atoms with E-state index in [0.29, 0.717) is 6.07 Å². The molecule has 82 valence electrons. The van der Waals surface area contributed by atoms with Crippen molar-refractivity contribution in [1.82, 2.24) is 0 Å². The van der Waals surface area contributed by atoms with Crippen molar-refractivity contribution < 1.29 is 17.7 Å². The summed E-state index contributed by atoms with van der Waals surface area (Å²) in [5.74, 6) is -1.10. The molecule has 1 aromatic carbocycles. The highest BCUT2D eigenvalue weighted by Gasteiger charge is 2.25. The second kappa shape index (κ2) is 3.74. The maximum absolute atomic E-state index is 13.1. The number of rotatable bonds is 2. The van der Waals surface area contributed by atoms with Gasteiger partial charge in [-0.05, 0) is 13.0 Å². The molecule has 0 N–H and O–H groups in total. The van der Waals surface area contributed by atoms with Crippen LogP contribution in [0.3, 0.4) is 0 Å². The number of halogens is 2. The van der Waals surface area contributed by atoms with Gasteiger partial charge in [-0.2, -0.15) is 0 Å². The highest BCUT2D eigenvalue weighted by atomic mass is 35.7. The second-order valence-corrected chi connectivity index (χ2v) is 5.22. The molecule has 0 saturated heterocycles. The molecule has 0 amide bonds. The molecule has 0 spiro atoms. The molecule has 15 heavy (non-hydrogen) atoms. The van der Waals surface area contributed by atoms with Gasteiger partial charge in [0.1, 0.15) is 10.7 Å². The molecule has 0 aliphatic carbocycles. The van der Waals surface area contributed by atoms with Gasteiger partial charge in [0.2, 0.25) is 0 Å². The van der Waals surface area contributed by atoms with Gasteiger partial charge in [-0.1, -0.05) is 0 Å². The Kier molecular flexibility index (Phi) is 2.96. The van der Waals surface area contributed by atoms with Crippen molar-refractivity contribution in [2.45, 2.75) is 11.8 Å². The number of nitro groups is 1. The fraction of sp³-hybridized carbons (Fsp3) is 0.143. The summed E-state index contributed by atoms with van der Waals surface area (Å²) in [4.78, 5) is 8.80. The van der Waals surface area contributed by atoms with E-state index in [1.54, 1.807) is 0 Å². The van der Waals surface area contributed by atoms with Gasteiger partial charge in [-0.3, -0.25) is 10.1 Å². The first-order valence-electron chi connectivity index (χ1n) is 3.63. The van der Waals surface area contributed by atoms with Crippen LogP contribution >= 0.6 is 10.7 Å². The van der Waals surface area contributed by atoms with Crippen LogP contribution in [0.1, 0.15) is 5.56 Å². The molecule has 0 radical (unpaired) electrons. The van der Waals surface area contributed by atoms with Crippen molar-refractivity contribution in [2.75, 3.05) is 0 Å². The Bertz CT molecular complexity index is 528. The van der Waals surface area contributed by atoms with Crippen molar-refractivity contribution in [2.24, 2.45) is 0 Å². The Balaban J connectivity index is 3.66. The van der Waals surface area contributed by atoms with Crippen molar-refractivity contribution in [3.63, 3.8) is 0 Å². The van der Waals surface area contributed by atoms with Crippen LogP contribution in [0.15, 0.2) is 17.0 Å². The maximum atomic E-state index is 13.1. The summed E-state index contributed by atoms with van der Waals surface area (Å²) >= 11 is 0. The predicted molar refractivity (Wildman–Crippen MR) is 50.8 cm³/mol. The highest BCUT2D eigenvalue weighted by molar-refractivity contribution is 8.13. The minimum absolute atomic E-state index is 0.310. The minimum atomic E-state index is -4.33. The summed E-state index contributed by atoms with van der Waals surface area (Å²) in [5.41, 5.74) is -0.800. The normalized spacial score (nSPS) is 11.4. The Morgan fingerprint density at radius 1 is 1.47 bits per heavy atom. The molecular weight excluding hydrogens is 249 g/mol. The Labute approximate surface area is 89.0 Å². The van der Waals surface area contributed by atoms with E-state index < -0.39 is 30.4 Å². The van der Waals surface area contributed by atoms with E-state index in [4.69, 9.17) is 10.7 Å². The molecule has 0 aromatic heterocycles. The van der Waals surface area contributed by atoms with E-state index in [-0.39, 0.29) is 5.56 Å². The van der Waals surface area contributed by atoms with Crippen molar-refractivity contribution >= 4 is 25.4 Å². The lowest BCUT2D eigenvalue weighted by Gasteiger charge is -2.03. The van der Waals surface area contributed by atoms with Crippen molar-refractivity contribution in [1.29, 1.82) is 0 Å². The Morgan fingerprint density at radius 3 is 2.40 bits per heavy atom. The fourth-order valence-corrected chi connectivity index (χ4v) is 2.48. The van der Waals surface area contributed by atoms with Gasteiger partial charge in [-0.25, -0.2) is 12.8 Å². The first-order chi connectivity index (χ1) is 6.75. The van der Waals surface area contributed by atoms with Crippen LogP contribution in [0, 0.1) is 22.9 Å². The van der Waals surface area contributed by atoms with Crippen LogP contribution in [-0.2, 0) is 9.05 Å². The zero-order valence-corrected chi connectivity index (χ0v) is 8.97. The third-order valence-electron chi connectivity index (χ3n) is 1.77. The molecule has 1 aromatic rings. The lowest BCUT2D eigenvalue weighted by molar-refractivity contribution is -0.385. The number of hydrogen-bond donors (Lipinski definition) is 0. The molecule has 0 bridgehead atoms. The number of benzene rings is 1. The summed E-state index contributed by atoms with van der Waals surface area (Å²) in [6.45, 7) is 1.12. The van der Waals surface area contributed by atoms with E-state index in [1.165, 1.54) is 0 Å². The van der Waals surface area contributed by atoms with Gasteiger partial charge < -0.3 is 0 Å². The van der Waals surface area contributed by atoms with Crippen LogP contribution < -0.4 is 0 Å². The molecule has 8 heteroatoms. The van der Waals surface area contributed by atoms with Gasteiger partial charge >= 0.3 is 0 Å². The van der Waals surface area contributed by atoms with Crippen LogP contribution in [0.25, 0.3) is 0 Å². The average Bonchev–Trinajstić information content (AvgIpc) is 2.00. The minimum Gasteiger partial charge on any atom is -0.258 e. The Morgan fingerprint density at radius 2 is 2.00 bits per heavy atom. The number of hydrogen-bond acceptors (Lipinski definition) is 4. The largest absolute Gasteiger partial charge is 0.273 e. The lowest BCUT2D eigenvalue weighted by atomic mass is 10.2. The van der Waals surface area contributed by atoms with Gasteiger partial charge in [0.05, 0.1) is 4.92 Å². The van der Waals surface area contributed by atoms with Crippen LogP contribution in [-0.4, -0.2) is 13.3 Å². The lowest BCUT2D eigenvalue weighted by Crippen LogP contribution is -2.02. The summed E-state index contributed by atoms with van der Waals surface area (Å²) in [5, 5.41) is 10.5. The zero-order valence-electron chi connectivity index (χ0n) is 7.40. The van der Waals surface area contributed by atoms with Crippen LogP contribution in [0.2, 0.25) is 0 Å². The van der Waals surface area contributed by atoms with E-state index >= 15 is 0 Å². The van der Waals surface area contributed by atoms with E-state index in [2.05, 4.69) is 0 Å². The molecule has 0 fully saturated rings. The highest BCUT2D eigenvalue weighted by Crippen LogP contribution is 2.29. The summed E-state index contributed by atoms with van der Waals surface area (Å²) in [6.07, 6.45) is 0. The number of nitrogens with zero attached hydrogens (tertiary/aromatic N) is 1. The van der Waals surface area contributed by atoms with Crippen molar-refractivity contribution in [3.8, 4) is 0 Å². The van der Waals surface area contributed by atoms with Crippen LogP contribution in [0.4, 0.5) is 10.1 Å². The molecule has 0 aliphatic heterocycles. The summed E-state index contributed by atoms with van der Waals surface area (Å²) in [7, 11) is 0.628. The smallest absolute Gasteiger partial charge is 0.258 e. The summed E-state index contributed by atoms with van der Waals surface area (Å²) in [6, 6.07) is 1.58. The third kappa shape index (κ3) is 2.24. The second-order valence-electron chi connectivity index (χ2n) is 2.72. The SMILES string of the molecule is Cc1c([N+](=O)[O-])ccc(F)c1S(=O)(=O)Cl. The van der Waals surface area contributed by atoms with Crippen molar-refractivity contribution in [3.05, 3.63) is 33.6 Å². The molecular formula is C7H5ClFNO4S. The van der Waals surface area contributed by atoms with E-state index in [0.717, 1.165) is 13.0 Å². The Hall–Kier alpha value is -1.21. The van der Waals surface area contributed by atoms with Gasteiger partial charge in [0, 0.05) is 22.3 Å².